The number of H-pyrrole nitrogens is 1. The Hall–Kier alpha value is -1.95. The van der Waals surface area contributed by atoms with Crippen LogP contribution in [0.4, 0.5) is 4.39 Å². The first-order valence-electron chi connectivity index (χ1n) is 9.54. The Kier molecular flexibility index (Phi) is 6.83. The summed E-state index contributed by atoms with van der Waals surface area (Å²) in [5, 5.41) is 0.462. The number of rotatable bonds is 7. The summed E-state index contributed by atoms with van der Waals surface area (Å²) in [7, 11) is 0. The van der Waals surface area contributed by atoms with Gasteiger partial charge in [-0.05, 0) is 42.5 Å². The van der Waals surface area contributed by atoms with Crippen LogP contribution in [0.1, 0.15) is 67.4 Å². The van der Waals surface area contributed by atoms with Crippen molar-refractivity contribution in [3.05, 3.63) is 57.8 Å². The number of halogens is 1. The Morgan fingerprint density at radius 2 is 1.96 bits per heavy atom. The highest BCUT2D eigenvalue weighted by molar-refractivity contribution is 7.99. The van der Waals surface area contributed by atoms with Gasteiger partial charge in [-0.3, -0.25) is 9.59 Å². The summed E-state index contributed by atoms with van der Waals surface area (Å²) in [5.74, 6) is 0.594. The maximum absolute atomic E-state index is 13.0. The van der Waals surface area contributed by atoms with Crippen molar-refractivity contribution in [1.29, 1.82) is 0 Å². The lowest BCUT2D eigenvalue weighted by molar-refractivity contribution is 0.102. The molecule has 0 saturated heterocycles. The molecule has 6 heteroatoms. The van der Waals surface area contributed by atoms with Crippen molar-refractivity contribution in [3.8, 4) is 0 Å². The molecule has 0 aliphatic heterocycles. The van der Waals surface area contributed by atoms with Crippen LogP contribution in [0, 0.1) is 11.7 Å². The SMILES string of the molecule is CC(CC1CCCCC1)c1cc(=O)[nH]c(SCC(=O)c2ccc(F)cc2)n1. The summed E-state index contributed by atoms with van der Waals surface area (Å²) in [4.78, 5) is 31.5. The molecule has 0 spiro atoms. The van der Waals surface area contributed by atoms with Gasteiger partial charge < -0.3 is 4.98 Å². The molecule has 2 aromatic rings. The van der Waals surface area contributed by atoms with E-state index in [2.05, 4.69) is 16.9 Å². The highest BCUT2D eigenvalue weighted by atomic mass is 32.2. The number of hydrogen-bond acceptors (Lipinski definition) is 4. The van der Waals surface area contributed by atoms with E-state index in [9.17, 15) is 14.0 Å². The normalized spacial score (nSPS) is 16.2. The minimum atomic E-state index is -0.371. The number of aromatic amines is 1. The molecule has 1 fully saturated rings. The Balaban J connectivity index is 1.63. The van der Waals surface area contributed by atoms with Crippen molar-refractivity contribution in [2.24, 2.45) is 5.92 Å². The topological polar surface area (TPSA) is 62.8 Å². The van der Waals surface area contributed by atoms with Gasteiger partial charge in [0.15, 0.2) is 10.9 Å². The molecule has 0 amide bonds. The Morgan fingerprint density at radius 1 is 1.26 bits per heavy atom. The van der Waals surface area contributed by atoms with E-state index in [1.54, 1.807) is 6.07 Å². The van der Waals surface area contributed by atoms with Gasteiger partial charge in [-0.2, -0.15) is 0 Å². The van der Waals surface area contributed by atoms with E-state index >= 15 is 0 Å². The summed E-state index contributed by atoms with van der Waals surface area (Å²) < 4.78 is 13.0. The number of Topliss-reactive ketones (excluding diaryl/α,β-unsaturated/α-hetero) is 1. The minimum Gasteiger partial charge on any atom is -0.301 e. The molecule has 0 bridgehead atoms. The molecule has 3 rings (SSSR count). The number of hydrogen-bond donors (Lipinski definition) is 1. The van der Waals surface area contributed by atoms with Crippen LogP contribution >= 0.6 is 11.8 Å². The van der Waals surface area contributed by atoms with Crippen LogP contribution in [-0.2, 0) is 0 Å². The number of aromatic nitrogens is 2. The van der Waals surface area contributed by atoms with Crippen LogP contribution in [0.25, 0.3) is 0 Å². The smallest absolute Gasteiger partial charge is 0.251 e. The van der Waals surface area contributed by atoms with Crippen molar-refractivity contribution in [2.45, 2.75) is 56.5 Å². The number of thioether (sulfide) groups is 1. The van der Waals surface area contributed by atoms with E-state index in [0.717, 1.165) is 12.1 Å². The first kappa shape index (κ1) is 19.8. The van der Waals surface area contributed by atoms with Gasteiger partial charge in [-0.25, -0.2) is 9.37 Å². The monoisotopic (exact) mass is 388 g/mol. The largest absolute Gasteiger partial charge is 0.301 e. The molecular weight excluding hydrogens is 363 g/mol. The summed E-state index contributed by atoms with van der Waals surface area (Å²) in [5.41, 5.74) is 1.06. The quantitative estimate of drug-likeness (QED) is 0.414. The predicted molar refractivity (Wildman–Crippen MR) is 106 cm³/mol. The maximum Gasteiger partial charge on any atom is 0.251 e. The maximum atomic E-state index is 13.0. The van der Waals surface area contributed by atoms with Gasteiger partial charge in [-0.15, -0.1) is 0 Å². The third-order valence-electron chi connectivity index (χ3n) is 5.16. The zero-order valence-electron chi connectivity index (χ0n) is 15.5. The second kappa shape index (κ2) is 9.31. The molecule has 1 atom stereocenters. The first-order chi connectivity index (χ1) is 13.0. The molecule has 27 heavy (non-hydrogen) atoms. The molecule has 4 nitrogen and oxygen atoms in total. The number of nitrogens with zero attached hydrogens (tertiary/aromatic N) is 1. The third kappa shape index (κ3) is 5.76. The van der Waals surface area contributed by atoms with Crippen LogP contribution in [0.2, 0.25) is 0 Å². The second-order valence-electron chi connectivity index (χ2n) is 7.33. The van der Waals surface area contributed by atoms with E-state index < -0.39 is 0 Å². The Bertz CT molecular complexity index is 829. The van der Waals surface area contributed by atoms with Crippen molar-refractivity contribution < 1.29 is 9.18 Å². The Morgan fingerprint density at radius 3 is 2.67 bits per heavy atom. The number of nitrogens with one attached hydrogen (secondary N) is 1. The molecule has 1 aliphatic carbocycles. The third-order valence-corrected chi connectivity index (χ3v) is 6.04. The standard InChI is InChI=1S/C21H25FN2O2S/c1-14(11-15-5-3-2-4-6-15)18-12-20(26)24-21(23-18)27-13-19(25)16-7-9-17(22)10-8-16/h7-10,12,14-15H,2-6,11,13H2,1H3,(H,23,24,26). The lowest BCUT2D eigenvalue weighted by Gasteiger charge is -2.24. The van der Waals surface area contributed by atoms with Gasteiger partial charge >= 0.3 is 0 Å². The Labute approximate surface area is 163 Å². The van der Waals surface area contributed by atoms with Crippen LogP contribution in [0.5, 0.6) is 0 Å². The second-order valence-corrected chi connectivity index (χ2v) is 8.30. The summed E-state index contributed by atoms with van der Waals surface area (Å²) in [6.07, 6.45) is 7.51. The van der Waals surface area contributed by atoms with Crippen molar-refractivity contribution in [1.82, 2.24) is 9.97 Å². The van der Waals surface area contributed by atoms with Crippen molar-refractivity contribution >= 4 is 17.5 Å². The average Bonchev–Trinajstić information content (AvgIpc) is 2.67. The number of carbonyl (C=O) groups excluding carboxylic acids is 1. The van der Waals surface area contributed by atoms with Crippen LogP contribution in [0.15, 0.2) is 40.3 Å². The lowest BCUT2D eigenvalue weighted by atomic mass is 9.82. The molecular formula is C21H25FN2O2S. The highest BCUT2D eigenvalue weighted by Crippen LogP contribution is 2.32. The zero-order valence-corrected chi connectivity index (χ0v) is 16.4. The highest BCUT2D eigenvalue weighted by Gasteiger charge is 2.19. The molecule has 1 aliphatic rings. The predicted octanol–water partition coefficient (Wildman–Crippen LogP) is 4.96. The number of ketones is 1. The lowest BCUT2D eigenvalue weighted by Crippen LogP contribution is -2.15. The summed E-state index contributed by atoms with van der Waals surface area (Å²) in [6.45, 7) is 2.12. The van der Waals surface area contributed by atoms with Gasteiger partial charge in [-0.1, -0.05) is 50.8 Å². The molecule has 144 valence electrons. The van der Waals surface area contributed by atoms with E-state index in [1.807, 2.05) is 0 Å². The molecule has 1 aromatic carbocycles. The van der Waals surface area contributed by atoms with Crippen LogP contribution in [0.3, 0.4) is 0 Å². The fraction of sp³-hybridized carbons (Fsp3) is 0.476. The van der Waals surface area contributed by atoms with Gasteiger partial charge in [0.1, 0.15) is 5.82 Å². The fourth-order valence-corrected chi connectivity index (χ4v) is 4.45. The zero-order chi connectivity index (χ0) is 19.2. The van der Waals surface area contributed by atoms with E-state index in [0.29, 0.717) is 16.6 Å². The number of benzene rings is 1. The molecule has 1 heterocycles. The average molecular weight is 389 g/mol. The summed E-state index contributed by atoms with van der Waals surface area (Å²) >= 11 is 1.21. The van der Waals surface area contributed by atoms with Crippen LogP contribution < -0.4 is 5.56 Å². The molecule has 1 unspecified atom stereocenters. The van der Waals surface area contributed by atoms with Crippen molar-refractivity contribution in [3.63, 3.8) is 0 Å². The first-order valence-corrected chi connectivity index (χ1v) is 10.5. The fourth-order valence-electron chi connectivity index (χ4n) is 3.67. The summed E-state index contributed by atoms with van der Waals surface area (Å²) in [6, 6.07) is 7.05. The minimum absolute atomic E-state index is 0.122. The van der Waals surface area contributed by atoms with Gasteiger partial charge in [0, 0.05) is 11.6 Å². The number of carbonyl (C=O) groups is 1. The van der Waals surface area contributed by atoms with E-state index in [4.69, 9.17) is 0 Å². The van der Waals surface area contributed by atoms with E-state index in [-0.39, 0.29) is 28.8 Å². The molecule has 1 saturated carbocycles. The molecule has 0 radical (unpaired) electrons. The van der Waals surface area contributed by atoms with Gasteiger partial charge in [0.2, 0.25) is 0 Å². The van der Waals surface area contributed by atoms with Crippen LogP contribution in [-0.4, -0.2) is 21.5 Å². The van der Waals surface area contributed by atoms with Gasteiger partial charge in [0.05, 0.1) is 11.4 Å². The van der Waals surface area contributed by atoms with E-state index in [1.165, 1.54) is 68.1 Å². The molecule has 1 aromatic heterocycles. The van der Waals surface area contributed by atoms with Crippen molar-refractivity contribution in [2.75, 3.05) is 5.75 Å². The van der Waals surface area contributed by atoms with Gasteiger partial charge in [0.25, 0.3) is 5.56 Å². The molecule has 1 N–H and O–H groups in total.